The zero-order chi connectivity index (χ0) is 40.5. The van der Waals surface area contributed by atoms with E-state index in [2.05, 4.69) is 61.1 Å². The summed E-state index contributed by atoms with van der Waals surface area (Å²) < 4.78 is 64.0. The Labute approximate surface area is 352 Å². The summed E-state index contributed by atoms with van der Waals surface area (Å²) in [6.07, 6.45) is 8.93. The number of hydrogen-bond donors (Lipinski definition) is 0. The van der Waals surface area contributed by atoms with Gasteiger partial charge in [-0.15, -0.1) is 24.3 Å². The second-order valence-electron chi connectivity index (χ2n) is 15.3. The molecule has 1 aliphatic carbocycles. The molecule has 0 amide bonds. The number of benzene rings is 4. The Balaban J connectivity index is 0.00000484. The van der Waals surface area contributed by atoms with Gasteiger partial charge in [-0.05, 0) is 67.9 Å². The Hall–Kier alpha value is -6.11. The number of para-hydroxylation sites is 2. The minimum atomic E-state index is -1.05. The standard InChI is InChI=1S/C50H36F4N4.Pt/c1-6-11-44-30(3)35-12-7-9-14-45(35)57(44)33-25-42(38-20-17-31(51)23-40(38)53)55-48(27-33)50(4,5)49-28-34(26-43(56-49)39-21-18-32(52)24-41(39)54)58-46-15-10-8-13-36(46)37-19-16-29(2)22-47(37)58;/h6-15,17-19,22-29H,1,3,16H2,2,4-5H3;/q-2;+2/b44-11+;. The molecule has 0 aliphatic heterocycles. The van der Waals surface area contributed by atoms with Gasteiger partial charge in [-0.2, -0.15) is 0 Å². The van der Waals surface area contributed by atoms with E-state index in [-0.39, 0.29) is 49.5 Å². The molecule has 0 saturated heterocycles. The van der Waals surface area contributed by atoms with E-state index in [0.717, 1.165) is 73.6 Å². The van der Waals surface area contributed by atoms with Crippen LogP contribution in [0.25, 0.3) is 80.5 Å². The number of fused-ring (bicyclic) bond motifs is 4. The maximum Gasteiger partial charge on any atom is 2.00 e. The third-order valence-electron chi connectivity index (χ3n) is 11.0. The zero-order valence-corrected chi connectivity index (χ0v) is 34.6. The molecule has 1 atom stereocenters. The molecule has 9 heteroatoms. The van der Waals surface area contributed by atoms with Crippen LogP contribution in [0.15, 0.2) is 110 Å². The minimum Gasteiger partial charge on any atom is -0.310 e. The van der Waals surface area contributed by atoms with Gasteiger partial charge in [0.05, 0.1) is 16.4 Å². The van der Waals surface area contributed by atoms with Gasteiger partial charge in [0.15, 0.2) is 0 Å². The van der Waals surface area contributed by atoms with E-state index in [9.17, 15) is 8.78 Å². The van der Waals surface area contributed by atoms with E-state index in [1.165, 1.54) is 0 Å². The Morgan fingerprint density at radius 2 is 1.27 bits per heavy atom. The molecule has 8 aromatic rings. The molecular formula is C50H36F4N4Pt. The SMILES string of the molecule is C=C/C=c1\c(=C)c2ccccc2n1-c1cc(-c2[c-]cc(F)cc2F)nc(C(C)(C)c2cc(-n3c4c(c5ccccc53)=CCC(C)C=4)cc(-c3[c-]cc(F)cc3F)n2)c1.[Pt+2]. The van der Waals surface area contributed by atoms with E-state index >= 15 is 8.78 Å². The summed E-state index contributed by atoms with van der Waals surface area (Å²) in [6.45, 7) is 14.4. The van der Waals surface area contributed by atoms with Gasteiger partial charge < -0.3 is 19.1 Å². The third-order valence-corrected chi connectivity index (χ3v) is 11.0. The number of nitrogens with zero attached hydrogens (tertiary/aromatic N) is 4. The Bertz CT molecular complexity index is 3250. The van der Waals surface area contributed by atoms with E-state index < -0.39 is 28.7 Å². The van der Waals surface area contributed by atoms with Gasteiger partial charge in [-0.25, -0.2) is 0 Å². The molecule has 4 heterocycles. The number of hydrogen-bond acceptors (Lipinski definition) is 2. The molecule has 0 fully saturated rings. The summed E-state index contributed by atoms with van der Waals surface area (Å²) >= 11 is 0. The fraction of sp³-hybridized carbons (Fsp3) is 0.120. The Morgan fingerprint density at radius 1 is 0.746 bits per heavy atom. The van der Waals surface area contributed by atoms with Crippen LogP contribution in [0.2, 0.25) is 0 Å². The summed E-state index contributed by atoms with van der Waals surface area (Å²) in [7, 11) is 0. The predicted molar refractivity (Wildman–Crippen MR) is 224 cm³/mol. The molecule has 4 aromatic heterocycles. The first-order chi connectivity index (χ1) is 27.9. The van der Waals surface area contributed by atoms with Crippen LogP contribution in [0.1, 0.15) is 38.6 Å². The fourth-order valence-corrected chi connectivity index (χ4v) is 8.07. The molecule has 1 unspecified atom stereocenters. The topological polar surface area (TPSA) is 35.6 Å². The van der Waals surface area contributed by atoms with Crippen LogP contribution in [0.5, 0.6) is 0 Å². The molecule has 294 valence electrons. The summed E-state index contributed by atoms with van der Waals surface area (Å²) in [6, 6.07) is 32.7. The average molecular weight is 964 g/mol. The van der Waals surface area contributed by atoms with Crippen molar-refractivity contribution in [1.29, 1.82) is 0 Å². The van der Waals surface area contributed by atoms with E-state index in [4.69, 9.17) is 9.97 Å². The minimum absolute atomic E-state index is 0. The van der Waals surface area contributed by atoms with E-state index in [1.807, 2.05) is 73.0 Å². The second-order valence-corrected chi connectivity index (χ2v) is 15.3. The first kappa shape index (κ1) is 39.7. The smallest absolute Gasteiger partial charge is 0.310 e. The molecule has 4 nitrogen and oxygen atoms in total. The van der Waals surface area contributed by atoms with Crippen molar-refractivity contribution in [1.82, 2.24) is 19.1 Å². The van der Waals surface area contributed by atoms with E-state index in [0.29, 0.717) is 22.8 Å². The molecular weight excluding hydrogens is 928 g/mol. The van der Waals surface area contributed by atoms with Crippen LogP contribution in [-0.2, 0) is 26.5 Å². The quantitative estimate of drug-likeness (QED) is 0.118. The van der Waals surface area contributed by atoms with Crippen molar-refractivity contribution in [3.8, 4) is 33.9 Å². The van der Waals surface area contributed by atoms with Gasteiger partial charge in [0.1, 0.15) is 0 Å². The van der Waals surface area contributed by atoms with Crippen LogP contribution < -0.4 is 21.1 Å². The van der Waals surface area contributed by atoms with Crippen LogP contribution in [0.3, 0.4) is 0 Å². The molecule has 1 aliphatic rings. The molecule has 0 saturated carbocycles. The average Bonchev–Trinajstić information content (AvgIpc) is 3.68. The number of allylic oxidation sites excluding steroid dienone is 1. The first-order valence-corrected chi connectivity index (χ1v) is 19.0. The predicted octanol–water partition coefficient (Wildman–Crippen LogP) is 9.16. The summed E-state index contributed by atoms with van der Waals surface area (Å²) in [5, 5.41) is 5.64. The number of pyridine rings is 2. The largest absolute Gasteiger partial charge is 2.00 e. The monoisotopic (exact) mass is 963 g/mol. The van der Waals surface area contributed by atoms with Crippen LogP contribution in [0.4, 0.5) is 17.6 Å². The van der Waals surface area contributed by atoms with Crippen molar-refractivity contribution in [2.75, 3.05) is 0 Å². The van der Waals surface area contributed by atoms with Gasteiger partial charge in [-0.3, -0.25) is 17.6 Å². The summed E-state index contributed by atoms with van der Waals surface area (Å²) in [5.74, 6) is -2.87. The molecule has 0 N–H and O–H groups in total. The van der Waals surface area contributed by atoms with E-state index in [1.54, 1.807) is 18.2 Å². The molecule has 0 radical (unpaired) electrons. The Morgan fingerprint density at radius 3 is 1.83 bits per heavy atom. The van der Waals surface area contributed by atoms with Crippen molar-refractivity contribution in [2.45, 2.75) is 32.6 Å². The zero-order valence-electron chi connectivity index (χ0n) is 32.4. The normalized spacial score (nSPS) is 14.2. The molecule has 0 bridgehead atoms. The fourth-order valence-electron chi connectivity index (χ4n) is 8.07. The summed E-state index contributed by atoms with van der Waals surface area (Å²) in [4.78, 5) is 10.1. The van der Waals surface area contributed by atoms with Crippen LogP contribution in [-0.4, -0.2) is 19.1 Å². The molecule has 9 rings (SSSR count). The maximum atomic E-state index is 15.7. The van der Waals surface area contributed by atoms with Crippen LogP contribution in [0, 0.1) is 41.3 Å². The molecule has 59 heavy (non-hydrogen) atoms. The maximum absolute atomic E-state index is 15.7. The third kappa shape index (κ3) is 6.79. The van der Waals surface area contributed by atoms with Gasteiger partial charge in [0, 0.05) is 78.0 Å². The van der Waals surface area contributed by atoms with Crippen LogP contribution >= 0.6 is 0 Å². The van der Waals surface area contributed by atoms with Crippen molar-refractivity contribution >= 4 is 46.6 Å². The molecule has 0 spiro atoms. The van der Waals surface area contributed by atoms with Crippen molar-refractivity contribution < 1.29 is 38.6 Å². The van der Waals surface area contributed by atoms with Crippen molar-refractivity contribution in [2.24, 2.45) is 5.92 Å². The molecule has 4 aromatic carbocycles. The summed E-state index contributed by atoms with van der Waals surface area (Å²) in [5.41, 5.74) is 3.52. The van der Waals surface area contributed by atoms with Gasteiger partial charge >= 0.3 is 21.1 Å². The van der Waals surface area contributed by atoms with Crippen molar-refractivity contribution in [3.05, 3.63) is 178 Å². The van der Waals surface area contributed by atoms with Crippen molar-refractivity contribution in [3.63, 3.8) is 0 Å². The van der Waals surface area contributed by atoms with Gasteiger partial charge in [0.2, 0.25) is 0 Å². The number of rotatable bonds is 7. The van der Waals surface area contributed by atoms with Gasteiger partial charge in [0.25, 0.3) is 0 Å². The number of halogens is 4. The Kier molecular flexibility index (Phi) is 10.3. The second kappa shape index (κ2) is 15.2. The first-order valence-electron chi connectivity index (χ1n) is 19.0. The number of aromatic nitrogens is 4. The van der Waals surface area contributed by atoms with Gasteiger partial charge in [-0.1, -0.05) is 110 Å².